The van der Waals surface area contributed by atoms with Gasteiger partial charge in [0.2, 0.25) is 0 Å². The number of hydrogen-bond donors (Lipinski definition) is 2. The molecule has 2 rings (SSSR count). The predicted molar refractivity (Wildman–Crippen MR) is 72.8 cm³/mol. The second-order valence-electron chi connectivity index (χ2n) is 4.89. The van der Waals surface area contributed by atoms with Gasteiger partial charge in [-0.15, -0.1) is 0 Å². The number of hydrazine groups is 1. The summed E-state index contributed by atoms with van der Waals surface area (Å²) in [7, 11) is 0. The molecule has 1 aliphatic rings. The number of aromatic nitrogens is 2. The third-order valence-electron chi connectivity index (χ3n) is 3.64. The lowest BCUT2D eigenvalue weighted by Crippen LogP contribution is -2.49. The third kappa shape index (κ3) is 2.84. The van der Waals surface area contributed by atoms with Crippen molar-refractivity contribution in [2.24, 2.45) is 5.84 Å². The number of nitrogens with two attached hydrogens (primary N) is 1. The zero-order chi connectivity index (χ0) is 12.3. The first-order chi connectivity index (χ1) is 8.18. The fourth-order valence-corrected chi connectivity index (χ4v) is 3.84. The van der Waals surface area contributed by atoms with E-state index in [1.54, 1.807) is 0 Å². The van der Waals surface area contributed by atoms with Crippen LogP contribution in [0.3, 0.4) is 0 Å². The Morgan fingerprint density at radius 1 is 1.71 bits per heavy atom. The quantitative estimate of drug-likeness (QED) is 0.618. The number of hydrogen-bond acceptors (Lipinski definition) is 4. The number of nitrogens with zero attached hydrogens (tertiary/aromatic N) is 2. The Labute approximate surface area is 107 Å². The number of aryl methyl sites for hydroxylation is 1. The lowest BCUT2D eigenvalue weighted by Gasteiger charge is -2.32. The fourth-order valence-electron chi connectivity index (χ4n) is 2.45. The summed E-state index contributed by atoms with van der Waals surface area (Å²) < 4.78 is 2.23. The molecule has 4 nitrogen and oxygen atoms in total. The van der Waals surface area contributed by atoms with Gasteiger partial charge < -0.3 is 0 Å². The Kier molecular flexibility index (Phi) is 4.12. The van der Waals surface area contributed by atoms with Crippen LogP contribution in [-0.4, -0.2) is 26.3 Å². The molecule has 0 spiro atoms. The van der Waals surface area contributed by atoms with Gasteiger partial charge in [0.1, 0.15) is 0 Å². The highest BCUT2D eigenvalue weighted by Gasteiger charge is 2.37. The van der Waals surface area contributed by atoms with Gasteiger partial charge in [-0.05, 0) is 44.4 Å². The third-order valence-corrected chi connectivity index (χ3v) is 5.28. The molecule has 1 aliphatic heterocycles. The van der Waals surface area contributed by atoms with Gasteiger partial charge in [-0.2, -0.15) is 16.9 Å². The maximum Gasteiger partial charge on any atom is 0.0522 e. The van der Waals surface area contributed by atoms with E-state index in [1.165, 1.54) is 24.2 Å². The van der Waals surface area contributed by atoms with E-state index in [0.717, 1.165) is 13.0 Å². The molecule has 0 aliphatic carbocycles. The molecule has 0 aromatic carbocycles. The average Bonchev–Trinajstić information content (AvgIpc) is 2.95. The molecule has 0 bridgehead atoms. The maximum absolute atomic E-state index is 5.73. The van der Waals surface area contributed by atoms with E-state index in [1.807, 2.05) is 22.6 Å². The van der Waals surface area contributed by atoms with E-state index in [4.69, 9.17) is 5.84 Å². The molecule has 2 atom stereocenters. The van der Waals surface area contributed by atoms with E-state index in [-0.39, 0.29) is 4.75 Å². The van der Waals surface area contributed by atoms with Crippen molar-refractivity contribution in [1.82, 2.24) is 15.2 Å². The average molecular weight is 254 g/mol. The van der Waals surface area contributed by atoms with Gasteiger partial charge in [-0.25, -0.2) is 0 Å². The van der Waals surface area contributed by atoms with Gasteiger partial charge in [-0.1, -0.05) is 0 Å². The molecular weight excluding hydrogens is 232 g/mol. The second kappa shape index (κ2) is 5.42. The topological polar surface area (TPSA) is 55.9 Å². The highest BCUT2D eigenvalue weighted by atomic mass is 32.2. The van der Waals surface area contributed by atoms with Gasteiger partial charge >= 0.3 is 0 Å². The van der Waals surface area contributed by atoms with E-state index in [0.29, 0.717) is 6.04 Å². The molecule has 0 amide bonds. The SMILES string of the molecule is CCn1cc(CC(NN)C2(C)CCCS2)cn1. The van der Waals surface area contributed by atoms with Crippen molar-refractivity contribution in [2.75, 3.05) is 5.75 Å². The molecule has 1 aromatic heterocycles. The molecule has 0 radical (unpaired) electrons. The first-order valence-corrected chi connectivity index (χ1v) is 7.28. The first-order valence-electron chi connectivity index (χ1n) is 6.29. The molecule has 2 heterocycles. The minimum absolute atomic E-state index is 0.267. The van der Waals surface area contributed by atoms with Gasteiger partial charge in [-0.3, -0.25) is 16.0 Å². The first kappa shape index (κ1) is 12.9. The van der Waals surface area contributed by atoms with Gasteiger partial charge in [0, 0.05) is 23.5 Å². The Morgan fingerprint density at radius 2 is 2.53 bits per heavy atom. The zero-order valence-corrected chi connectivity index (χ0v) is 11.5. The van der Waals surface area contributed by atoms with Crippen molar-refractivity contribution in [3.63, 3.8) is 0 Å². The van der Waals surface area contributed by atoms with Crippen LogP contribution in [0.25, 0.3) is 0 Å². The molecule has 0 saturated carbocycles. The number of rotatable bonds is 5. The van der Waals surface area contributed by atoms with Crippen LogP contribution in [0, 0.1) is 0 Å². The molecule has 1 fully saturated rings. The summed E-state index contributed by atoms with van der Waals surface area (Å²) in [5.41, 5.74) is 4.27. The highest BCUT2D eigenvalue weighted by Crippen LogP contribution is 2.41. The van der Waals surface area contributed by atoms with Crippen molar-refractivity contribution in [3.05, 3.63) is 18.0 Å². The molecule has 2 unspecified atom stereocenters. The molecular formula is C12H22N4S. The molecule has 17 heavy (non-hydrogen) atoms. The monoisotopic (exact) mass is 254 g/mol. The van der Waals surface area contributed by atoms with Crippen LogP contribution in [0.4, 0.5) is 0 Å². The molecule has 5 heteroatoms. The van der Waals surface area contributed by atoms with Gasteiger partial charge in [0.15, 0.2) is 0 Å². The lowest BCUT2D eigenvalue weighted by atomic mass is 9.92. The van der Waals surface area contributed by atoms with Crippen molar-refractivity contribution in [1.29, 1.82) is 0 Å². The molecule has 1 saturated heterocycles. The summed E-state index contributed by atoms with van der Waals surface area (Å²) in [6.45, 7) is 5.34. The van der Waals surface area contributed by atoms with Crippen LogP contribution in [0.2, 0.25) is 0 Å². The van der Waals surface area contributed by atoms with Crippen molar-refractivity contribution < 1.29 is 0 Å². The molecule has 96 valence electrons. The van der Waals surface area contributed by atoms with Gasteiger partial charge in [0.25, 0.3) is 0 Å². The van der Waals surface area contributed by atoms with E-state index < -0.39 is 0 Å². The summed E-state index contributed by atoms with van der Waals surface area (Å²) in [5, 5.41) is 4.31. The highest BCUT2D eigenvalue weighted by molar-refractivity contribution is 8.00. The second-order valence-corrected chi connectivity index (χ2v) is 6.52. The van der Waals surface area contributed by atoms with Crippen LogP contribution in [0.5, 0.6) is 0 Å². The van der Waals surface area contributed by atoms with Crippen LogP contribution >= 0.6 is 11.8 Å². The Balaban J connectivity index is 2.04. The normalized spacial score (nSPS) is 26.3. The number of thioether (sulfide) groups is 1. The van der Waals surface area contributed by atoms with E-state index in [9.17, 15) is 0 Å². The molecule has 1 aromatic rings. The standard InChI is InChI=1S/C12H22N4S/c1-3-16-9-10(8-14-16)7-11(15-13)12(2)5-4-6-17-12/h8-9,11,15H,3-7,13H2,1-2H3. The summed E-state index contributed by atoms with van der Waals surface area (Å²) in [6, 6.07) is 0.324. The van der Waals surface area contributed by atoms with Crippen molar-refractivity contribution in [2.45, 2.75) is 50.4 Å². The predicted octanol–water partition coefficient (Wildman–Crippen LogP) is 1.56. The minimum Gasteiger partial charge on any atom is -0.273 e. The Morgan fingerprint density at radius 3 is 3.06 bits per heavy atom. The van der Waals surface area contributed by atoms with Crippen LogP contribution in [0.15, 0.2) is 12.4 Å². The smallest absolute Gasteiger partial charge is 0.0522 e. The minimum atomic E-state index is 0.267. The summed E-state index contributed by atoms with van der Waals surface area (Å²) in [6.07, 6.45) is 7.58. The summed E-state index contributed by atoms with van der Waals surface area (Å²) >= 11 is 2.04. The van der Waals surface area contributed by atoms with Crippen molar-refractivity contribution >= 4 is 11.8 Å². The summed E-state index contributed by atoms with van der Waals surface area (Å²) in [5.74, 6) is 6.99. The van der Waals surface area contributed by atoms with Crippen LogP contribution in [-0.2, 0) is 13.0 Å². The largest absolute Gasteiger partial charge is 0.273 e. The lowest BCUT2D eigenvalue weighted by molar-refractivity contribution is 0.405. The molecule has 3 N–H and O–H groups in total. The maximum atomic E-state index is 5.73. The number of nitrogens with one attached hydrogen (secondary N) is 1. The van der Waals surface area contributed by atoms with Crippen molar-refractivity contribution in [3.8, 4) is 0 Å². The van der Waals surface area contributed by atoms with E-state index >= 15 is 0 Å². The van der Waals surface area contributed by atoms with Gasteiger partial charge in [0.05, 0.1) is 6.20 Å². The van der Waals surface area contributed by atoms with Crippen LogP contribution in [0.1, 0.15) is 32.3 Å². The zero-order valence-electron chi connectivity index (χ0n) is 10.6. The fraction of sp³-hybridized carbons (Fsp3) is 0.750. The Bertz CT molecular complexity index is 357. The van der Waals surface area contributed by atoms with E-state index in [2.05, 4.69) is 30.6 Å². The summed E-state index contributed by atoms with van der Waals surface area (Å²) in [4.78, 5) is 0. The van der Waals surface area contributed by atoms with Crippen LogP contribution < -0.4 is 11.3 Å². The Hall–Kier alpha value is -0.520.